The van der Waals surface area contributed by atoms with Crippen LogP contribution in [0.25, 0.3) is 0 Å². The van der Waals surface area contributed by atoms with Crippen molar-refractivity contribution in [2.75, 3.05) is 18.4 Å². The molecular formula is C25H28N4O5. The van der Waals surface area contributed by atoms with E-state index in [2.05, 4.69) is 15.3 Å². The molecule has 1 aromatic heterocycles. The molecule has 3 aliphatic carbocycles. The van der Waals surface area contributed by atoms with Crippen LogP contribution in [0.5, 0.6) is 11.5 Å². The van der Waals surface area contributed by atoms with Gasteiger partial charge in [-0.2, -0.15) is 5.10 Å². The van der Waals surface area contributed by atoms with Crippen molar-refractivity contribution < 1.29 is 24.5 Å². The molecule has 2 aliphatic heterocycles. The lowest BCUT2D eigenvalue weighted by molar-refractivity contribution is -0.197. The number of rotatable bonds is 4. The standard InChI is InChI=1S/C25H28N4O5/c1-28-18(6-8-26-28)27-23(32)15-11-25(33)17-10-14-4-5-16(30)21-19(14)24(25,22(34-21)20(15)31)7-9-29(17)12-13-2-3-13/h4-6,8,13,15,17,22,30,33H,2-3,7,9-12H2,1H3,(H,27,32)/t15?,17-,22+,24+,25-/m1/s1. The van der Waals surface area contributed by atoms with Crippen molar-refractivity contribution >= 4 is 17.5 Å². The van der Waals surface area contributed by atoms with Crippen molar-refractivity contribution in [3.63, 3.8) is 0 Å². The van der Waals surface area contributed by atoms with E-state index >= 15 is 0 Å². The molecule has 1 spiro atoms. The maximum atomic E-state index is 13.8. The van der Waals surface area contributed by atoms with Crippen LogP contribution in [0.4, 0.5) is 5.82 Å². The van der Waals surface area contributed by atoms with Gasteiger partial charge in [-0.15, -0.1) is 0 Å². The first-order valence-electron chi connectivity index (χ1n) is 12.1. The van der Waals surface area contributed by atoms with Gasteiger partial charge in [-0.05, 0) is 56.2 Å². The predicted molar refractivity (Wildman–Crippen MR) is 121 cm³/mol. The highest BCUT2D eigenvalue weighted by molar-refractivity contribution is 6.10. The van der Waals surface area contributed by atoms with Crippen molar-refractivity contribution in [2.45, 2.75) is 55.3 Å². The number of likely N-dealkylation sites (tertiary alicyclic amines) is 1. The Labute approximate surface area is 196 Å². The Balaban J connectivity index is 1.34. The number of anilines is 1. The lowest BCUT2D eigenvalue weighted by atomic mass is 9.47. The molecule has 1 aromatic carbocycles. The molecule has 5 aliphatic rings. The Kier molecular flexibility index (Phi) is 3.98. The quantitative estimate of drug-likeness (QED) is 0.581. The van der Waals surface area contributed by atoms with Crippen LogP contribution in [0.15, 0.2) is 24.4 Å². The monoisotopic (exact) mass is 464 g/mol. The van der Waals surface area contributed by atoms with E-state index in [1.165, 1.54) is 17.5 Å². The summed E-state index contributed by atoms with van der Waals surface area (Å²) in [5.41, 5.74) is -0.462. The largest absolute Gasteiger partial charge is 0.504 e. The van der Waals surface area contributed by atoms with E-state index in [1.807, 2.05) is 6.07 Å². The summed E-state index contributed by atoms with van der Waals surface area (Å²) >= 11 is 0. The van der Waals surface area contributed by atoms with Gasteiger partial charge in [-0.1, -0.05) is 6.07 Å². The average molecular weight is 465 g/mol. The fourth-order valence-corrected chi connectivity index (χ4v) is 7.23. The molecule has 2 aromatic rings. The summed E-state index contributed by atoms with van der Waals surface area (Å²) < 4.78 is 7.71. The van der Waals surface area contributed by atoms with Gasteiger partial charge in [-0.3, -0.25) is 19.2 Å². The van der Waals surface area contributed by atoms with Crippen LogP contribution in [-0.2, 0) is 28.5 Å². The van der Waals surface area contributed by atoms with Gasteiger partial charge in [0.1, 0.15) is 11.7 Å². The average Bonchev–Trinajstić information content (AvgIpc) is 3.42. The third-order valence-corrected chi connectivity index (χ3v) is 9.02. The number of piperidine rings is 1. The minimum atomic E-state index is -1.32. The number of hydrogen-bond donors (Lipinski definition) is 3. The SMILES string of the molecule is Cn1nccc1NC(=O)C1C[C@@]2(O)[C@H]3Cc4ccc(O)c5c4[C@@]2(CCN3CC2CC2)[C@@H](O5)C1=O. The van der Waals surface area contributed by atoms with Crippen LogP contribution in [0.2, 0.25) is 0 Å². The molecular weight excluding hydrogens is 436 g/mol. The topological polar surface area (TPSA) is 117 Å². The Bertz CT molecular complexity index is 1240. The smallest absolute Gasteiger partial charge is 0.236 e. The molecule has 178 valence electrons. The molecule has 2 saturated carbocycles. The summed E-state index contributed by atoms with van der Waals surface area (Å²) in [5, 5.41) is 30.1. The number of nitrogens with zero attached hydrogens (tertiary/aromatic N) is 3. The number of Topliss-reactive ketones (excluding diaryl/α,β-unsaturated/α-hetero) is 1. The van der Waals surface area contributed by atoms with Gasteiger partial charge in [0.2, 0.25) is 5.91 Å². The van der Waals surface area contributed by atoms with Gasteiger partial charge in [0.25, 0.3) is 0 Å². The third-order valence-electron chi connectivity index (χ3n) is 9.02. The van der Waals surface area contributed by atoms with Gasteiger partial charge in [0.05, 0.1) is 17.2 Å². The molecule has 3 N–H and O–H groups in total. The number of benzene rings is 1. The van der Waals surface area contributed by atoms with Gasteiger partial charge < -0.3 is 20.3 Å². The van der Waals surface area contributed by atoms with Crippen molar-refractivity contribution in [1.29, 1.82) is 0 Å². The van der Waals surface area contributed by atoms with Crippen molar-refractivity contribution in [3.05, 3.63) is 35.5 Å². The fraction of sp³-hybridized carbons (Fsp3) is 0.560. The molecule has 9 nitrogen and oxygen atoms in total. The van der Waals surface area contributed by atoms with E-state index in [9.17, 15) is 19.8 Å². The molecule has 1 amide bonds. The van der Waals surface area contributed by atoms with Crippen molar-refractivity contribution in [1.82, 2.24) is 14.7 Å². The van der Waals surface area contributed by atoms with E-state index in [1.54, 1.807) is 25.4 Å². The lowest BCUT2D eigenvalue weighted by Gasteiger charge is -2.63. The van der Waals surface area contributed by atoms with Crippen LogP contribution in [-0.4, -0.2) is 67.4 Å². The highest BCUT2D eigenvalue weighted by Crippen LogP contribution is 2.65. The summed E-state index contributed by atoms with van der Waals surface area (Å²) in [6.45, 7) is 1.69. The van der Waals surface area contributed by atoms with Crippen LogP contribution in [0.1, 0.15) is 36.8 Å². The molecule has 1 unspecified atom stereocenters. The number of nitrogens with one attached hydrogen (secondary N) is 1. The molecule has 34 heavy (non-hydrogen) atoms. The first-order chi connectivity index (χ1) is 16.3. The molecule has 7 rings (SSSR count). The molecule has 3 heterocycles. The zero-order valence-electron chi connectivity index (χ0n) is 19.0. The molecule has 0 radical (unpaired) electrons. The predicted octanol–water partition coefficient (Wildman–Crippen LogP) is 1.12. The first-order valence-corrected chi connectivity index (χ1v) is 12.1. The summed E-state index contributed by atoms with van der Waals surface area (Å²) in [5.74, 6) is -0.428. The third kappa shape index (κ3) is 2.43. The maximum Gasteiger partial charge on any atom is 0.236 e. The van der Waals surface area contributed by atoms with Gasteiger partial charge in [0.15, 0.2) is 23.4 Å². The van der Waals surface area contributed by atoms with E-state index in [0.717, 1.165) is 24.2 Å². The summed E-state index contributed by atoms with van der Waals surface area (Å²) in [7, 11) is 1.71. The highest BCUT2D eigenvalue weighted by atomic mass is 16.5. The minimum Gasteiger partial charge on any atom is -0.504 e. The van der Waals surface area contributed by atoms with E-state index in [-0.39, 0.29) is 24.0 Å². The number of carbonyl (C=O) groups excluding carboxylic acids is 2. The van der Waals surface area contributed by atoms with Crippen LogP contribution < -0.4 is 10.1 Å². The van der Waals surface area contributed by atoms with Crippen molar-refractivity contribution in [3.8, 4) is 11.5 Å². The Hall–Kier alpha value is -2.91. The molecule has 1 saturated heterocycles. The number of aromatic hydroxyl groups is 1. The summed E-state index contributed by atoms with van der Waals surface area (Å²) in [6, 6.07) is 4.97. The number of ketones is 1. The first kappa shape index (κ1) is 20.5. The minimum absolute atomic E-state index is 0.0209. The Morgan fingerprint density at radius 2 is 2.15 bits per heavy atom. The fourth-order valence-electron chi connectivity index (χ4n) is 7.23. The second-order valence-corrected chi connectivity index (χ2v) is 10.7. The summed E-state index contributed by atoms with van der Waals surface area (Å²) in [4.78, 5) is 29.5. The van der Waals surface area contributed by atoms with Crippen LogP contribution >= 0.6 is 0 Å². The van der Waals surface area contributed by atoms with Gasteiger partial charge >= 0.3 is 0 Å². The van der Waals surface area contributed by atoms with Crippen LogP contribution in [0.3, 0.4) is 0 Å². The number of hydrogen-bond acceptors (Lipinski definition) is 7. The van der Waals surface area contributed by atoms with Gasteiger partial charge in [-0.25, -0.2) is 0 Å². The molecule has 3 fully saturated rings. The Morgan fingerprint density at radius 1 is 1.32 bits per heavy atom. The summed E-state index contributed by atoms with van der Waals surface area (Å²) in [6.07, 6.45) is 4.19. The number of phenols is 1. The van der Waals surface area contributed by atoms with Crippen molar-refractivity contribution in [2.24, 2.45) is 18.9 Å². The molecule has 2 bridgehead atoms. The maximum absolute atomic E-state index is 13.8. The van der Waals surface area contributed by atoms with Crippen LogP contribution in [0, 0.1) is 11.8 Å². The molecule has 9 heteroatoms. The van der Waals surface area contributed by atoms with E-state index in [0.29, 0.717) is 30.3 Å². The zero-order valence-corrected chi connectivity index (χ0v) is 19.0. The van der Waals surface area contributed by atoms with E-state index in [4.69, 9.17) is 4.74 Å². The second kappa shape index (κ2) is 6.60. The lowest BCUT2D eigenvalue weighted by Crippen LogP contribution is -2.78. The second-order valence-electron chi connectivity index (χ2n) is 10.7. The van der Waals surface area contributed by atoms with Gasteiger partial charge in [0, 0.05) is 31.3 Å². The number of aromatic nitrogens is 2. The number of carbonyl (C=O) groups is 2. The highest BCUT2D eigenvalue weighted by Gasteiger charge is 2.75. The number of phenolic OH excluding ortho intramolecular Hbond substituents is 1. The number of aliphatic hydroxyl groups is 1. The Morgan fingerprint density at radius 3 is 2.88 bits per heavy atom. The number of aryl methyl sites for hydroxylation is 1. The number of ether oxygens (including phenoxy) is 1. The molecule has 5 atom stereocenters. The van der Waals surface area contributed by atoms with E-state index < -0.39 is 28.9 Å². The normalized spacial score (nSPS) is 35.6. The zero-order chi connectivity index (χ0) is 23.4. The number of amides is 1.